The number of aliphatic hydroxyl groups is 3. The topological polar surface area (TPSA) is 142 Å². The Morgan fingerprint density at radius 1 is 1.08 bits per heavy atom. The fourth-order valence-corrected chi connectivity index (χ4v) is 9.27. The Bertz CT molecular complexity index is 1400. The molecular formula is C41H62O11. The van der Waals surface area contributed by atoms with Crippen molar-refractivity contribution in [3.05, 3.63) is 47.1 Å². The summed E-state index contributed by atoms with van der Waals surface area (Å²) in [4.78, 5) is 14.2. The highest BCUT2D eigenvalue weighted by Gasteiger charge is 2.60. The van der Waals surface area contributed by atoms with Gasteiger partial charge in [0, 0.05) is 38.7 Å². The Hall–Kier alpha value is -1.93. The van der Waals surface area contributed by atoms with Gasteiger partial charge in [-0.15, -0.1) is 0 Å². The molecule has 52 heavy (non-hydrogen) atoms. The van der Waals surface area contributed by atoms with Crippen molar-refractivity contribution >= 4 is 5.97 Å². The van der Waals surface area contributed by atoms with E-state index in [0.29, 0.717) is 55.1 Å². The standard InChI is InChI=1S/C41H62O11/c1-9-22(2)37-25(5)15-16-40(52-37)20-30-18-29(51-40)14-13-24(4)36(50-33-19-32(46-8)35(43)27(7)48-33)23(3)11-10-12-28-21-47-38-34(42)26(6)17-31(39(44)49-30)41(28,38)45/h10-13,17,22-23,25,27,29-38,42-43,45H,9,14-16,18-21H2,1-8H3/b11-10+,24-13+,28-12+/t22-,23-,25-,27-,29+,30-,31-,32-,33-,34+,35-,36-,37+,38+,40+,41+/m1/s1. The summed E-state index contributed by atoms with van der Waals surface area (Å²) in [6.45, 7) is 14.3. The number of allylic oxidation sites excluding steroid dienone is 2. The van der Waals surface area contributed by atoms with Crippen molar-refractivity contribution < 1.29 is 53.3 Å². The molecule has 16 atom stereocenters. The Balaban J connectivity index is 1.37. The second-order valence-electron chi connectivity index (χ2n) is 16.5. The third kappa shape index (κ3) is 7.77. The molecule has 1 aliphatic carbocycles. The average Bonchev–Trinajstić information content (AvgIpc) is 3.45. The lowest BCUT2D eigenvalue weighted by Crippen LogP contribution is -2.58. The van der Waals surface area contributed by atoms with Crippen LogP contribution >= 0.6 is 0 Å². The van der Waals surface area contributed by atoms with Crippen LogP contribution in [0.4, 0.5) is 0 Å². The number of ether oxygens (including phenoxy) is 7. The molecule has 0 amide bonds. The Labute approximate surface area is 309 Å². The highest BCUT2D eigenvalue weighted by molar-refractivity contribution is 5.78. The van der Waals surface area contributed by atoms with Gasteiger partial charge in [0.15, 0.2) is 12.1 Å². The van der Waals surface area contributed by atoms with Crippen LogP contribution < -0.4 is 0 Å². The molecule has 2 bridgehead atoms. The molecule has 0 aromatic carbocycles. The van der Waals surface area contributed by atoms with Crippen LogP contribution in [0.2, 0.25) is 0 Å². The van der Waals surface area contributed by atoms with Crippen LogP contribution in [0.1, 0.15) is 93.4 Å². The van der Waals surface area contributed by atoms with Crippen LogP contribution in [-0.2, 0) is 38.0 Å². The number of hydrogen-bond donors (Lipinski definition) is 3. The lowest BCUT2D eigenvalue weighted by atomic mass is 9.71. The van der Waals surface area contributed by atoms with Gasteiger partial charge in [0.05, 0.1) is 37.1 Å². The SMILES string of the molecule is CC[C@@H](C)[C@@H]1O[C@@]2(CC[C@H]1C)C[C@H]1C[C@H](C/C=C(\C)[C@H](O[C@@H]3C[C@@H](OC)[C@H](O)[C@@H](C)O3)[C@H](C)/C=C/C=C3\CO[C@H]4[C@@H](O)C(C)=C[C@H](C(=O)O1)[C@@]34O)O2. The van der Waals surface area contributed by atoms with Crippen molar-refractivity contribution in [2.24, 2.45) is 23.7 Å². The number of hydrogen-bond acceptors (Lipinski definition) is 11. The van der Waals surface area contributed by atoms with E-state index in [1.807, 2.05) is 26.0 Å². The van der Waals surface area contributed by atoms with E-state index >= 15 is 0 Å². The van der Waals surface area contributed by atoms with Crippen molar-refractivity contribution in [3.8, 4) is 0 Å². The van der Waals surface area contributed by atoms with E-state index in [0.717, 1.165) is 18.4 Å². The van der Waals surface area contributed by atoms with Crippen LogP contribution in [0.15, 0.2) is 47.1 Å². The highest BCUT2D eigenvalue weighted by Crippen LogP contribution is 2.48. The van der Waals surface area contributed by atoms with E-state index in [1.54, 1.807) is 26.2 Å². The van der Waals surface area contributed by atoms with Gasteiger partial charge in [-0.3, -0.25) is 4.79 Å². The van der Waals surface area contributed by atoms with Crippen LogP contribution in [-0.4, -0.2) is 108 Å². The summed E-state index contributed by atoms with van der Waals surface area (Å²) in [7, 11) is 1.58. The largest absolute Gasteiger partial charge is 0.462 e. The first-order valence-electron chi connectivity index (χ1n) is 19.5. The third-order valence-electron chi connectivity index (χ3n) is 12.7. The molecule has 0 saturated carbocycles. The highest BCUT2D eigenvalue weighted by atomic mass is 16.7. The molecule has 0 aromatic heterocycles. The number of esters is 1. The molecular weight excluding hydrogens is 668 g/mol. The molecule has 4 saturated heterocycles. The Morgan fingerprint density at radius 3 is 2.58 bits per heavy atom. The first kappa shape index (κ1) is 39.8. The van der Waals surface area contributed by atoms with E-state index in [-0.39, 0.29) is 24.7 Å². The molecule has 0 unspecified atom stereocenters. The van der Waals surface area contributed by atoms with Gasteiger partial charge in [0.1, 0.15) is 35.9 Å². The van der Waals surface area contributed by atoms with Gasteiger partial charge in [-0.2, -0.15) is 0 Å². The Kier molecular flexibility index (Phi) is 12.3. The summed E-state index contributed by atoms with van der Waals surface area (Å²) in [5, 5.41) is 34.1. The molecule has 6 aliphatic rings. The van der Waals surface area contributed by atoms with E-state index < -0.39 is 72.3 Å². The summed E-state index contributed by atoms with van der Waals surface area (Å²) >= 11 is 0. The second kappa shape index (κ2) is 16.0. The molecule has 5 heterocycles. The molecule has 1 spiro atoms. The van der Waals surface area contributed by atoms with Crippen molar-refractivity contribution in [3.63, 3.8) is 0 Å². The number of aliphatic hydroxyl groups excluding tert-OH is 2. The maximum Gasteiger partial charge on any atom is 0.316 e. The molecule has 4 fully saturated rings. The fraction of sp³-hybridized carbons (Fsp3) is 0.780. The summed E-state index contributed by atoms with van der Waals surface area (Å²) in [6, 6.07) is 0. The molecule has 292 valence electrons. The summed E-state index contributed by atoms with van der Waals surface area (Å²) in [5.41, 5.74) is 0.238. The minimum atomic E-state index is -1.80. The van der Waals surface area contributed by atoms with Gasteiger partial charge in [0.25, 0.3) is 0 Å². The zero-order chi connectivity index (χ0) is 37.5. The second-order valence-corrected chi connectivity index (χ2v) is 16.5. The zero-order valence-electron chi connectivity index (χ0n) is 32.2. The van der Waals surface area contributed by atoms with Crippen LogP contribution in [0, 0.1) is 23.7 Å². The van der Waals surface area contributed by atoms with E-state index in [1.165, 1.54) is 0 Å². The number of methoxy groups -OCH3 is 1. The minimum absolute atomic E-state index is 0.0111. The molecule has 11 nitrogen and oxygen atoms in total. The van der Waals surface area contributed by atoms with Gasteiger partial charge >= 0.3 is 5.97 Å². The quantitative estimate of drug-likeness (QED) is 0.258. The minimum Gasteiger partial charge on any atom is -0.462 e. The van der Waals surface area contributed by atoms with Crippen molar-refractivity contribution in [2.75, 3.05) is 13.7 Å². The van der Waals surface area contributed by atoms with E-state index in [9.17, 15) is 20.1 Å². The number of carbonyl (C=O) groups excluding carboxylic acids is 1. The van der Waals surface area contributed by atoms with Gasteiger partial charge in [-0.05, 0) is 62.2 Å². The van der Waals surface area contributed by atoms with Gasteiger partial charge in [-0.25, -0.2) is 0 Å². The normalized spacial score (nSPS) is 49.1. The molecule has 0 radical (unpaired) electrons. The van der Waals surface area contributed by atoms with Crippen LogP contribution in [0.5, 0.6) is 0 Å². The molecule has 3 N–H and O–H groups in total. The summed E-state index contributed by atoms with van der Waals surface area (Å²) < 4.78 is 44.6. The number of carbonyl (C=O) groups is 1. The smallest absolute Gasteiger partial charge is 0.316 e. The maximum atomic E-state index is 14.2. The summed E-state index contributed by atoms with van der Waals surface area (Å²) in [6.07, 6.45) is 8.24. The first-order chi connectivity index (χ1) is 24.7. The lowest BCUT2D eigenvalue weighted by molar-refractivity contribution is -0.340. The van der Waals surface area contributed by atoms with E-state index in [4.69, 9.17) is 33.2 Å². The van der Waals surface area contributed by atoms with Gasteiger partial charge < -0.3 is 48.5 Å². The lowest BCUT2D eigenvalue weighted by Gasteiger charge is -2.51. The van der Waals surface area contributed by atoms with Gasteiger partial charge in [-0.1, -0.05) is 64.5 Å². The fourth-order valence-electron chi connectivity index (χ4n) is 9.27. The Morgan fingerprint density at radius 2 is 1.85 bits per heavy atom. The zero-order valence-corrected chi connectivity index (χ0v) is 32.2. The summed E-state index contributed by atoms with van der Waals surface area (Å²) in [5.74, 6) is -1.98. The molecule has 11 heteroatoms. The first-order valence-corrected chi connectivity index (χ1v) is 19.5. The predicted octanol–water partition coefficient (Wildman–Crippen LogP) is 5.07. The average molecular weight is 731 g/mol. The monoisotopic (exact) mass is 730 g/mol. The number of fused-ring (bicyclic) bond motifs is 2. The molecule has 0 aromatic rings. The van der Waals surface area contributed by atoms with Crippen molar-refractivity contribution in [2.45, 2.75) is 166 Å². The van der Waals surface area contributed by atoms with Gasteiger partial charge in [0.2, 0.25) is 0 Å². The maximum absolute atomic E-state index is 14.2. The van der Waals surface area contributed by atoms with Crippen LogP contribution in [0.3, 0.4) is 0 Å². The van der Waals surface area contributed by atoms with Crippen LogP contribution in [0.25, 0.3) is 0 Å². The van der Waals surface area contributed by atoms with E-state index in [2.05, 4.69) is 33.8 Å². The van der Waals surface area contributed by atoms with Crippen molar-refractivity contribution in [1.29, 1.82) is 0 Å². The predicted molar refractivity (Wildman–Crippen MR) is 193 cm³/mol. The number of rotatable bonds is 5. The molecule has 5 aliphatic heterocycles. The third-order valence-corrected chi connectivity index (χ3v) is 12.7. The van der Waals surface area contributed by atoms with Crippen molar-refractivity contribution in [1.82, 2.24) is 0 Å². The molecule has 6 rings (SSSR count).